The molecule has 3 aromatic rings. The maximum absolute atomic E-state index is 13.0. The van der Waals surface area contributed by atoms with Gasteiger partial charge in [0.2, 0.25) is 0 Å². The highest BCUT2D eigenvalue weighted by molar-refractivity contribution is 6.31. The molecule has 3 aromatic carbocycles. The molecule has 0 aromatic heterocycles. The van der Waals surface area contributed by atoms with E-state index < -0.39 is 0 Å². The standard InChI is InChI=1S/C27H28ClNO3/c1-3-27(4-2)17-24(22-10-6-8-12-25(22)32-27)29-26(30)19-13-15-21(16-14-19)31-18-20-9-5-7-11-23(20)28/h5-16,24H,3-4,17-18H2,1-2H3,(H,29,30)/t24-/m0/s1. The third-order valence-corrected chi connectivity index (χ3v) is 6.63. The van der Waals surface area contributed by atoms with Crippen molar-refractivity contribution in [2.45, 2.75) is 51.4 Å². The van der Waals surface area contributed by atoms with Crippen LogP contribution in [0.4, 0.5) is 0 Å². The number of carbonyl (C=O) groups excluding carboxylic acids is 1. The maximum Gasteiger partial charge on any atom is 0.251 e. The van der Waals surface area contributed by atoms with Gasteiger partial charge in [0.15, 0.2) is 0 Å². The zero-order chi connectivity index (χ0) is 22.6. The van der Waals surface area contributed by atoms with E-state index in [1.165, 1.54) is 0 Å². The van der Waals surface area contributed by atoms with Gasteiger partial charge >= 0.3 is 0 Å². The first kappa shape index (κ1) is 22.2. The van der Waals surface area contributed by atoms with Crippen molar-refractivity contribution < 1.29 is 14.3 Å². The van der Waals surface area contributed by atoms with E-state index >= 15 is 0 Å². The smallest absolute Gasteiger partial charge is 0.251 e. The van der Waals surface area contributed by atoms with Crippen LogP contribution in [-0.2, 0) is 6.61 Å². The fourth-order valence-corrected chi connectivity index (χ4v) is 4.34. The van der Waals surface area contributed by atoms with Crippen LogP contribution in [0.2, 0.25) is 5.02 Å². The molecule has 0 saturated heterocycles. The average Bonchev–Trinajstić information content (AvgIpc) is 2.83. The van der Waals surface area contributed by atoms with Crippen LogP contribution in [0.25, 0.3) is 0 Å². The second kappa shape index (κ2) is 9.66. The second-order valence-corrected chi connectivity index (χ2v) is 8.57. The molecule has 0 spiro atoms. The van der Waals surface area contributed by atoms with Gasteiger partial charge in [0, 0.05) is 28.1 Å². The van der Waals surface area contributed by atoms with Crippen LogP contribution >= 0.6 is 11.6 Å². The van der Waals surface area contributed by atoms with Crippen molar-refractivity contribution in [3.63, 3.8) is 0 Å². The van der Waals surface area contributed by atoms with E-state index in [1.807, 2.05) is 60.7 Å². The third kappa shape index (κ3) is 4.76. The maximum atomic E-state index is 13.0. The number of ether oxygens (including phenoxy) is 2. The lowest BCUT2D eigenvalue weighted by Crippen LogP contribution is -2.44. The Labute approximate surface area is 194 Å². The lowest BCUT2D eigenvalue weighted by atomic mass is 9.83. The molecule has 0 aliphatic carbocycles. The van der Waals surface area contributed by atoms with E-state index in [-0.39, 0.29) is 17.6 Å². The van der Waals surface area contributed by atoms with E-state index in [2.05, 4.69) is 19.2 Å². The summed E-state index contributed by atoms with van der Waals surface area (Å²) in [6.45, 7) is 4.65. The summed E-state index contributed by atoms with van der Waals surface area (Å²) in [5, 5.41) is 3.90. The Morgan fingerprint density at radius 2 is 1.72 bits per heavy atom. The lowest BCUT2D eigenvalue weighted by Gasteiger charge is -2.41. The van der Waals surface area contributed by atoms with E-state index in [0.717, 1.165) is 36.1 Å². The molecule has 0 saturated carbocycles. The van der Waals surface area contributed by atoms with Crippen LogP contribution in [0, 0.1) is 0 Å². The van der Waals surface area contributed by atoms with Crippen molar-refractivity contribution in [3.8, 4) is 11.5 Å². The number of nitrogens with one attached hydrogen (secondary N) is 1. The van der Waals surface area contributed by atoms with Gasteiger partial charge in [-0.15, -0.1) is 0 Å². The highest BCUT2D eigenvalue weighted by Gasteiger charge is 2.38. The van der Waals surface area contributed by atoms with Gasteiger partial charge in [-0.3, -0.25) is 4.79 Å². The molecule has 0 unspecified atom stereocenters. The van der Waals surface area contributed by atoms with Crippen LogP contribution in [0.15, 0.2) is 72.8 Å². The molecule has 1 aliphatic rings. The molecule has 1 aliphatic heterocycles. The van der Waals surface area contributed by atoms with Crippen molar-refractivity contribution in [2.75, 3.05) is 0 Å². The summed E-state index contributed by atoms with van der Waals surface area (Å²) >= 11 is 6.18. The summed E-state index contributed by atoms with van der Waals surface area (Å²) in [6.07, 6.45) is 2.53. The minimum atomic E-state index is -0.261. The van der Waals surface area contributed by atoms with E-state index in [9.17, 15) is 4.79 Å². The zero-order valence-corrected chi connectivity index (χ0v) is 19.2. The fourth-order valence-electron chi connectivity index (χ4n) is 4.15. The molecule has 4 nitrogen and oxygen atoms in total. The molecule has 1 N–H and O–H groups in total. The van der Waals surface area contributed by atoms with Crippen LogP contribution in [-0.4, -0.2) is 11.5 Å². The number of amides is 1. The monoisotopic (exact) mass is 449 g/mol. The molecule has 0 radical (unpaired) electrons. The molecular weight excluding hydrogens is 422 g/mol. The molecule has 1 heterocycles. The Morgan fingerprint density at radius 1 is 1.03 bits per heavy atom. The Hall–Kier alpha value is -2.98. The van der Waals surface area contributed by atoms with E-state index in [4.69, 9.17) is 21.1 Å². The van der Waals surface area contributed by atoms with Crippen molar-refractivity contribution in [3.05, 3.63) is 94.5 Å². The highest BCUT2D eigenvalue weighted by Crippen LogP contribution is 2.42. The Kier molecular flexibility index (Phi) is 6.71. The Morgan fingerprint density at radius 3 is 2.44 bits per heavy atom. The molecule has 4 rings (SSSR count). The van der Waals surface area contributed by atoms with Gasteiger partial charge in [-0.05, 0) is 49.2 Å². The van der Waals surface area contributed by atoms with E-state index in [0.29, 0.717) is 22.9 Å². The molecule has 0 bridgehead atoms. The number of halogens is 1. The quantitative estimate of drug-likeness (QED) is 0.435. The van der Waals surface area contributed by atoms with E-state index in [1.54, 1.807) is 12.1 Å². The van der Waals surface area contributed by atoms with Crippen molar-refractivity contribution >= 4 is 17.5 Å². The largest absolute Gasteiger partial charge is 0.489 e. The van der Waals surface area contributed by atoms with Crippen LogP contribution in [0.3, 0.4) is 0 Å². The topological polar surface area (TPSA) is 47.6 Å². The van der Waals surface area contributed by atoms with Crippen LogP contribution < -0.4 is 14.8 Å². The summed E-state index contributed by atoms with van der Waals surface area (Å²) in [4.78, 5) is 13.0. The van der Waals surface area contributed by atoms with Crippen molar-refractivity contribution in [2.24, 2.45) is 0 Å². The lowest BCUT2D eigenvalue weighted by molar-refractivity contribution is 0.0227. The predicted octanol–water partition coefficient (Wildman–Crippen LogP) is 6.73. The average molecular weight is 450 g/mol. The molecular formula is C27H28ClNO3. The van der Waals surface area contributed by atoms with Crippen LogP contribution in [0.1, 0.15) is 60.6 Å². The van der Waals surface area contributed by atoms with Gasteiger partial charge < -0.3 is 14.8 Å². The van der Waals surface area contributed by atoms with Gasteiger partial charge in [-0.1, -0.05) is 61.8 Å². The summed E-state index contributed by atoms with van der Waals surface area (Å²) in [6, 6.07) is 22.7. The number of rotatable bonds is 7. The number of hydrogen-bond acceptors (Lipinski definition) is 3. The van der Waals surface area contributed by atoms with Gasteiger partial charge in [-0.2, -0.15) is 0 Å². The molecule has 32 heavy (non-hydrogen) atoms. The summed E-state index contributed by atoms with van der Waals surface area (Å²) < 4.78 is 12.2. The molecule has 1 amide bonds. The first-order valence-corrected chi connectivity index (χ1v) is 11.5. The summed E-state index contributed by atoms with van der Waals surface area (Å²) in [7, 11) is 0. The number of carbonyl (C=O) groups is 1. The minimum Gasteiger partial charge on any atom is -0.489 e. The normalized spacial score (nSPS) is 16.5. The highest BCUT2D eigenvalue weighted by atomic mass is 35.5. The first-order chi connectivity index (χ1) is 15.5. The predicted molar refractivity (Wildman–Crippen MR) is 127 cm³/mol. The molecule has 5 heteroatoms. The number of hydrogen-bond donors (Lipinski definition) is 1. The van der Waals surface area contributed by atoms with Gasteiger partial charge in [-0.25, -0.2) is 0 Å². The second-order valence-electron chi connectivity index (χ2n) is 8.16. The number of benzene rings is 3. The van der Waals surface area contributed by atoms with Crippen molar-refractivity contribution in [1.82, 2.24) is 5.32 Å². The summed E-state index contributed by atoms with van der Waals surface area (Å²) in [5.41, 5.74) is 2.28. The fraction of sp³-hybridized carbons (Fsp3) is 0.296. The molecule has 0 fully saturated rings. The summed E-state index contributed by atoms with van der Waals surface area (Å²) in [5.74, 6) is 1.44. The molecule has 1 atom stereocenters. The Bertz CT molecular complexity index is 1080. The van der Waals surface area contributed by atoms with Crippen LogP contribution in [0.5, 0.6) is 11.5 Å². The van der Waals surface area contributed by atoms with Crippen molar-refractivity contribution in [1.29, 1.82) is 0 Å². The molecule has 166 valence electrons. The minimum absolute atomic E-state index is 0.0940. The van der Waals surface area contributed by atoms with Gasteiger partial charge in [0.1, 0.15) is 23.7 Å². The Balaban J connectivity index is 1.45. The number of fused-ring (bicyclic) bond motifs is 1. The number of para-hydroxylation sites is 1. The zero-order valence-electron chi connectivity index (χ0n) is 18.4. The third-order valence-electron chi connectivity index (χ3n) is 6.26. The van der Waals surface area contributed by atoms with Gasteiger partial charge in [0.25, 0.3) is 5.91 Å². The SMILES string of the molecule is CCC1(CC)C[C@H](NC(=O)c2ccc(OCc3ccccc3Cl)cc2)c2ccccc2O1. The van der Waals surface area contributed by atoms with Gasteiger partial charge in [0.05, 0.1) is 6.04 Å². The first-order valence-electron chi connectivity index (χ1n) is 11.1.